The topological polar surface area (TPSA) is 61.4 Å². The number of carbonyl (C=O) groups excluding carboxylic acids is 2. The molecule has 5 heteroatoms. The summed E-state index contributed by atoms with van der Waals surface area (Å²) in [6, 6.07) is 15.6. The van der Waals surface area contributed by atoms with Crippen LogP contribution in [0.1, 0.15) is 30.4 Å². The van der Waals surface area contributed by atoms with Crippen LogP contribution in [0.15, 0.2) is 48.5 Å². The van der Waals surface area contributed by atoms with Gasteiger partial charge < -0.3 is 10.6 Å². The highest BCUT2D eigenvalue weighted by molar-refractivity contribution is 5.94. The fourth-order valence-corrected chi connectivity index (χ4v) is 3.50. The van der Waals surface area contributed by atoms with Gasteiger partial charge in [0.25, 0.3) is 0 Å². The second-order valence-electron chi connectivity index (χ2n) is 7.01. The Balaban J connectivity index is 1.35. The summed E-state index contributed by atoms with van der Waals surface area (Å²) in [4.78, 5) is 26.4. The molecule has 1 fully saturated rings. The minimum atomic E-state index is -0.0844. The number of carbonyl (C=O) groups is 2. The number of anilines is 2. The van der Waals surface area contributed by atoms with Crippen molar-refractivity contribution in [1.29, 1.82) is 0 Å². The molecule has 0 bridgehead atoms. The zero-order chi connectivity index (χ0) is 17.9. The monoisotopic (exact) mass is 349 g/mol. The first kappa shape index (κ1) is 16.6. The molecule has 5 nitrogen and oxygen atoms in total. The van der Waals surface area contributed by atoms with Crippen molar-refractivity contribution in [2.75, 3.05) is 16.8 Å². The van der Waals surface area contributed by atoms with Crippen molar-refractivity contribution >= 4 is 23.3 Å². The van der Waals surface area contributed by atoms with Crippen molar-refractivity contribution in [3.8, 4) is 0 Å². The maximum Gasteiger partial charge on any atom is 0.322 e. The van der Waals surface area contributed by atoms with Gasteiger partial charge in [0.1, 0.15) is 0 Å². The van der Waals surface area contributed by atoms with Crippen molar-refractivity contribution in [3.63, 3.8) is 0 Å². The van der Waals surface area contributed by atoms with E-state index in [1.54, 1.807) is 4.90 Å². The Bertz CT molecular complexity index is 830. The van der Waals surface area contributed by atoms with E-state index in [4.69, 9.17) is 0 Å². The van der Waals surface area contributed by atoms with Gasteiger partial charge in [-0.2, -0.15) is 0 Å². The molecule has 1 aliphatic carbocycles. The number of benzene rings is 2. The molecule has 0 radical (unpaired) electrons. The molecule has 0 atom stereocenters. The Morgan fingerprint density at radius 1 is 1.08 bits per heavy atom. The van der Waals surface area contributed by atoms with Crippen LogP contribution in [-0.4, -0.2) is 18.5 Å². The molecule has 26 heavy (non-hydrogen) atoms. The minimum absolute atomic E-state index is 0.0844. The number of hydrogen-bond donors (Lipinski definition) is 2. The van der Waals surface area contributed by atoms with Gasteiger partial charge in [-0.15, -0.1) is 0 Å². The summed E-state index contributed by atoms with van der Waals surface area (Å²) in [5, 5.41) is 5.96. The maximum atomic E-state index is 12.5. The van der Waals surface area contributed by atoms with Gasteiger partial charge in [-0.3, -0.25) is 9.69 Å². The summed E-state index contributed by atoms with van der Waals surface area (Å²) >= 11 is 0. The molecule has 0 spiro atoms. The van der Waals surface area contributed by atoms with Crippen molar-refractivity contribution < 1.29 is 9.59 Å². The molecule has 0 saturated heterocycles. The Hall–Kier alpha value is -2.82. The molecular formula is C21H23N3O2. The minimum Gasteiger partial charge on any atom is -0.334 e. The zero-order valence-electron chi connectivity index (χ0n) is 14.7. The molecule has 2 aliphatic rings. The van der Waals surface area contributed by atoms with Crippen molar-refractivity contribution in [1.82, 2.24) is 5.32 Å². The van der Waals surface area contributed by atoms with Crippen molar-refractivity contribution in [2.24, 2.45) is 5.92 Å². The fraction of sp³-hybridized carbons (Fsp3) is 0.333. The van der Waals surface area contributed by atoms with E-state index in [9.17, 15) is 9.59 Å². The maximum absolute atomic E-state index is 12.5. The van der Waals surface area contributed by atoms with E-state index < -0.39 is 0 Å². The average molecular weight is 349 g/mol. The number of fused-ring (bicyclic) bond motifs is 1. The van der Waals surface area contributed by atoms with Gasteiger partial charge in [-0.1, -0.05) is 36.8 Å². The van der Waals surface area contributed by atoms with E-state index in [1.807, 2.05) is 42.5 Å². The largest absolute Gasteiger partial charge is 0.334 e. The lowest BCUT2D eigenvalue weighted by Crippen LogP contribution is -2.38. The number of nitrogens with one attached hydrogen (secondary N) is 2. The van der Waals surface area contributed by atoms with Gasteiger partial charge in [0.05, 0.1) is 0 Å². The van der Waals surface area contributed by atoms with Gasteiger partial charge in [-0.25, -0.2) is 4.79 Å². The Morgan fingerprint density at radius 3 is 2.73 bits per heavy atom. The second kappa shape index (κ2) is 7.20. The van der Waals surface area contributed by atoms with Crippen LogP contribution in [0.25, 0.3) is 0 Å². The van der Waals surface area contributed by atoms with Crippen LogP contribution >= 0.6 is 0 Å². The normalized spacial score (nSPS) is 15.9. The van der Waals surface area contributed by atoms with Gasteiger partial charge in [0.15, 0.2) is 0 Å². The van der Waals surface area contributed by atoms with Crippen LogP contribution in [-0.2, 0) is 17.8 Å². The number of para-hydroxylation sites is 1. The van der Waals surface area contributed by atoms with E-state index >= 15 is 0 Å². The SMILES string of the molecule is O=C(Nc1cccc(CNC(=O)N2CCc3ccccc32)c1)C1CCC1. The zero-order valence-corrected chi connectivity index (χ0v) is 14.7. The van der Waals surface area contributed by atoms with Crippen LogP contribution in [0, 0.1) is 5.92 Å². The lowest BCUT2D eigenvalue weighted by Gasteiger charge is -2.24. The molecule has 4 rings (SSSR count). The highest BCUT2D eigenvalue weighted by Gasteiger charge is 2.25. The molecular weight excluding hydrogens is 326 g/mol. The highest BCUT2D eigenvalue weighted by atomic mass is 16.2. The van der Waals surface area contributed by atoms with Gasteiger partial charge in [0.2, 0.25) is 5.91 Å². The molecule has 134 valence electrons. The molecule has 2 aromatic carbocycles. The second-order valence-corrected chi connectivity index (χ2v) is 7.01. The van der Waals surface area contributed by atoms with E-state index in [2.05, 4.69) is 16.7 Å². The summed E-state index contributed by atoms with van der Waals surface area (Å²) < 4.78 is 0. The summed E-state index contributed by atoms with van der Waals surface area (Å²) in [6.07, 6.45) is 4.01. The Kier molecular flexibility index (Phi) is 4.61. The van der Waals surface area contributed by atoms with Gasteiger partial charge in [-0.05, 0) is 48.6 Å². The summed E-state index contributed by atoms with van der Waals surface area (Å²) in [7, 11) is 0. The quantitative estimate of drug-likeness (QED) is 0.884. The molecule has 2 aromatic rings. The summed E-state index contributed by atoms with van der Waals surface area (Å²) in [5.74, 6) is 0.264. The van der Waals surface area contributed by atoms with E-state index in [0.29, 0.717) is 13.1 Å². The predicted molar refractivity (Wildman–Crippen MR) is 102 cm³/mol. The molecule has 0 unspecified atom stereocenters. The van der Waals surface area contributed by atoms with E-state index in [1.165, 1.54) is 5.56 Å². The third kappa shape index (κ3) is 3.43. The molecule has 1 saturated carbocycles. The van der Waals surface area contributed by atoms with Crippen LogP contribution in [0.3, 0.4) is 0 Å². The van der Waals surface area contributed by atoms with Crippen LogP contribution < -0.4 is 15.5 Å². The first-order valence-electron chi connectivity index (χ1n) is 9.24. The molecule has 0 aromatic heterocycles. The first-order chi connectivity index (χ1) is 12.7. The fourth-order valence-electron chi connectivity index (χ4n) is 3.50. The van der Waals surface area contributed by atoms with Crippen LogP contribution in [0.4, 0.5) is 16.2 Å². The average Bonchev–Trinajstić information content (AvgIpc) is 3.02. The number of urea groups is 1. The number of amides is 3. The number of rotatable bonds is 4. The summed E-state index contributed by atoms with van der Waals surface area (Å²) in [5.41, 5.74) is 3.97. The third-order valence-corrected chi connectivity index (χ3v) is 5.25. The van der Waals surface area contributed by atoms with E-state index in [-0.39, 0.29) is 17.9 Å². The van der Waals surface area contributed by atoms with E-state index in [0.717, 1.165) is 42.6 Å². The Morgan fingerprint density at radius 2 is 1.92 bits per heavy atom. The number of nitrogens with zero attached hydrogens (tertiary/aromatic N) is 1. The lowest BCUT2D eigenvalue weighted by molar-refractivity contribution is -0.122. The number of hydrogen-bond acceptors (Lipinski definition) is 2. The Labute approximate surface area is 153 Å². The highest BCUT2D eigenvalue weighted by Crippen LogP contribution is 2.28. The van der Waals surface area contributed by atoms with Gasteiger partial charge >= 0.3 is 6.03 Å². The third-order valence-electron chi connectivity index (χ3n) is 5.25. The molecule has 2 N–H and O–H groups in total. The first-order valence-corrected chi connectivity index (χ1v) is 9.24. The predicted octanol–water partition coefficient (Wildman–Crippen LogP) is 3.70. The van der Waals surface area contributed by atoms with Crippen LogP contribution in [0.2, 0.25) is 0 Å². The standard InChI is InChI=1S/C21H23N3O2/c25-20(17-7-4-8-17)23-18-9-3-5-15(13-18)14-22-21(26)24-12-11-16-6-1-2-10-19(16)24/h1-3,5-6,9-10,13,17H,4,7-8,11-12,14H2,(H,22,26)(H,23,25). The molecule has 3 amide bonds. The lowest BCUT2D eigenvalue weighted by atomic mass is 9.85. The summed E-state index contributed by atoms with van der Waals surface area (Å²) in [6.45, 7) is 1.15. The smallest absolute Gasteiger partial charge is 0.322 e. The van der Waals surface area contributed by atoms with Gasteiger partial charge in [0, 0.05) is 30.4 Å². The van der Waals surface area contributed by atoms with Crippen molar-refractivity contribution in [3.05, 3.63) is 59.7 Å². The van der Waals surface area contributed by atoms with Crippen molar-refractivity contribution in [2.45, 2.75) is 32.2 Å². The molecule has 1 aliphatic heterocycles. The molecule has 1 heterocycles. The van der Waals surface area contributed by atoms with Crippen LogP contribution in [0.5, 0.6) is 0 Å².